The van der Waals surface area contributed by atoms with Crippen LogP contribution in [0.25, 0.3) is 0 Å². The second kappa shape index (κ2) is 11.0. The lowest BCUT2D eigenvalue weighted by Gasteiger charge is -2.27. The highest BCUT2D eigenvalue weighted by Gasteiger charge is 2.45. The van der Waals surface area contributed by atoms with Gasteiger partial charge in [-0.1, -0.05) is 42.5 Å². The molecule has 0 radical (unpaired) electrons. The van der Waals surface area contributed by atoms with Crippen molar-refractivity contribution in [3.63, 3.8) is 0 Å². The summed E-state index contributed by atoms with van der Waals surface area (Å²) in [5, 5.41) is 5.54. The van der Waals surface area contributed by atoms with Crippen molar-refractivity contribution >= 4 is 29.3 Å². The average molecular weight is 581 g/mol. The molecule has 220 valence electrons. The smallest absolute Gasteiger partial charge is 0.264 e. The molecule has 4 aliphatic rings. The third-order valence-electron chi connectivity index (χ3n) is 9.55. The van der Waals surface area contributed by atoms with Gasteiger partial charge in [-0.05, 0) is 78.0 Å². The Morgan fingerprint density at radius 1 is 0.837 bits per heavy atom. The molecule has 2 saturated heterocycles. The minimum Gasteiger partial charge on any atom is -0.380 e. The van der Waals surface area contributed by atoms with Crippen LogP contribution in [0.1, 0.15) is 69.0 Å². The van der Waals surface area contributed by atoms with E-state index in [0.717, 1.165) is 30.1 Å². The van der Waals surface area contributed by atoms with Gasteiger partial charge in [0.05, 0.1) is 11.1 Å². The van der Waals surface area contributed by atoms with Crippen LogP contribution in [0.3, 0.4) is 0 Å². The molecule has 7 rings (SSSR count). The molecule has 4 atom stereocenters. The fourth-order valence-corrected chi connectivity index (χ4v) is 7.41. The summed E-state index contributed by atoms with van der Waals surface area (Å²) in [6.07, 6.45) is 2.54. The first-order valence-corrected chi connectivity index (χ1v) is 15.0. The van der Waals surface area contributed by atoms with Crippen LogP contribution in [0.15, 0.2) is 66.7 Å². The number of fused-ring (bicyclic) bond motifs is 2. The SMILES string of the molecule is O=C1CCC(N2C(=O)c3cccc(NCc4ccc(CN5C[C@H]6C[C@@H](c7ccc(F)cc7)C[C@H]6C5)cc4)c3C2=O)C(=O)N1. The predicted octanol–water partition coefficient (Wildman–Crippen LogP) is 4.46. The number of benzene rings is 3. The lowest BCUT2D eigenvalue weighted by atomic mass is 9.96. The van der Waals surface area contributed by atoms with Crippen LogP contribution in [0, 0.1) is 17.7 Å². The summed E-state index contributed by atoms with van der Waals surface area (Å²) in [5.74, 6) is -0.324. The van der Waals surface area contributed by atoms with Crippen molar-refractivity contribution in [2.75, 3.05) is 18.4 Å². The third-order valence-corrected chi connectivity index (χ3v) is 9.55. The third kappa shape index (κ3) is 5.22. The number of hydrogen-bond donors (Lipinski definition) is 2. The van der Waals surface area contributed by atoms with Gasteiger partial charge in [0.1, 0.15) is 11.9 Å². The van der Waals surface area contributed by atoms with E-state index in [2.05, 4.69) is 39.8 Å². The standard InChI is InChI=1S/C34H33FN4O4/c35-26-10-8-22(9-11-26)23-14-24-18-38(19-25(24)15-23)17-21-6-4-20(5-7-21)16-36-28-3-1-2-27-31(28)34(43)39(33(27)42)29-12-13-30(40)37-32(29)41/h1-11,23-25,29,36H,12-19H2,(H,37,40,41)/t23-,24-,25+,29?. The molecular formula is C34H33FN4O4. The number of rotatable bonds is 7. The Balaban J connectivity index is 0.948. The number of nitrogens with one attached hydrogen (secondary N) is 2. The highest BCUT2D eigenvalue weighted by molar-refractivity contribution is 6.25. The quantitative estimate of drug-likeness (QED) is 0.401. The van der Waals surface area contributed by atoms with E-state index in [0.29, 0.717) is 30.0 Å². The van der Waals surface area contributed by atoms with E-state index in [1.165, 1.54) is 24.0 Å². The minimum atomic E-state index is -0.989. The monoisotopic (exact) mass is 580 g/mol. The maximum absolute atomic E-state index is 13.3. The van der Waals surface area contributed by atoms with Crippen LogP contribution >= 0.6 is 0 Å². The second-order valence-corrected chi connectivity index (χ2v) is 12.3. The molecule has 1 unspecified atom stereocenters. The Kier molecular flexibility index (Phi) is 7.05. The number of amides is 4. The summed E-state index contributed by atoms with van der Waals surface area (Å²) in [6, 6.07) is 19.5. The zero-order valence-corrected chi connectivity index (χ0v) is 23.7. The summed E-state index contributed by atoms with van der Waals surface area (Å²) in [5.41, 5.74) is 4.61. The van der Waals surface area contributed by atoms with Crippen LogP contribution in [0.5, 0.6) is 0 Å². The highest BCUT2D eigenvalue weighted by Crippen LogP contribution is 2.46. The van der Waals surface area contributed by atoms with Crippen molar-refractivity contribution in [2.24, 2.45) is 11.8 Å². The first-order chi connectivity index (χ1) is 20.8. The number of carbonyl (C=O) groups is 4. The van der Waals surface area contributed by atoms with E-state index in [9.17, 15) is 23.6 Å². The number of carbonyl (C=O) groups excluding carboxylic acids is 4. The van der Waals surface area contributed by atoms with Crippen molar-refractivity contribution in [1.29, 1.82) is 0 Å². The van der Waals surface area contributed by atoms with Crippen LogP contribution in [-0.2, 0) is 22.7 Å². The van der Waals surface area contributed by atoms with Gasteiger partial charge in [-0.15, -0.1) is 0 Å². The van der Waals surface area contributed by atoms with Gasteiger partial charge in [0.2, 0.25) is 11.8 Å². The van der Waals surface area contributed by atoms with Gasteiger partial charge in [-0.2, -0.15) is 0 Å². The zero-order chi connectivity index (χ0) is 29.7. The summed E-state index contributed by atoms with van der Waals surface area (Å²) in [6.45, 7) is 3.55. The van der Waals surface area contributed by atoms with Crippen LogP contribution in [0.4, 0.5) is 10.1 Å². The summed E-state index contributed by atoms with van der Waals surface area (Å²) in [4.78, 5) is 53.9. The lowest BCUT2D eigenvalue weighted by molar-refractivity contribution is -0.136. The van der Waals surface area contributed by atoms with Crippen LogP contribution < -0.4 is 10.6 Å². The van der Waals surface area contributed by atoms with Crippen molar-refractivity contribution in [3.05, 3.63) is 100 Å². The fraction of sp³-hybridized carbons (Fsp3) is 0.353. The molecule has 0 bridgehead atoms. The van der Waals surface area contributed by atoms with Gasteiger partial charge in [0.25, 0.3) is 11.8 Å². The molecule has 3 fully saturated rings. The molecule has 3 heterocycles. The highest BCUT2D eigenvalue weighted by atomic mass is 19.1. The maximum Gasteiger partial charge on any atom is 0.264 e. The first-order valence-electron chi connectivity index (χ1n) is 15.0. The molecule has 0 aromatic heterocycles. The van der Waals surface area contributed by atoms with Crippen molar-refractivity contribution in [1.82, 2.24) is 15.1 Å². The van der Waals surface area contributed by atoms with E-state index >= 15 is 0 Å². The number of hydrogen-bond acceptors (Lipinski definition) is 6. The van der Waals surface area contributed by atoms with E-state index in [1.807, 2.05) is 12.1 Å². The number of piperidine rings is 1. The maximum atomic E-state index is 13.3. The van der Waals surface area contributed by atoms with Gasteiger partial charge in [-0.3, -0.25) is 34.3 Å². The van der Waals surface area contributed by atoms with Crippen molar-refractivity contribution < 1.29 is 23.6 Å². The molecule has 3 aromatic rings. The van der Waals surface area contributed by atoms with E-state index in [4.69, 9.17) is 0 Å². The largest absolute Gasteiger partial charge is 0.380 e. The Morgan fingerprint density at radius 3 is 2.23 bits per heavy atom. The minimum absolute atomic E-state index is 0.0851. The van der Waals surface area contributed by atoms with Crippen molar-refractivity contribution in [2.45, 2.75) is 50.7 Å². The van der Waals surface area contributed by atoms with Crippen LogP contribution in [0.2, 0.25) is 0 Å². The Bertz CT molecular complexity index is 1590. The second-order valence-electron chi connectivity index (χ2n) is 12.3. The Labute approximate surface area is 249 Å². The van der Waals surface area contributed by atoms with Gasteiger partial charge >= 0.3 is 0 Å². The van der Waals surface area contributed by atoms with Gasteiger partial charge in [-0.25, -0.2) is 4.39 Å². The Hall–Kier alpha value is -4.37. The molecule has 2 N–H and O–H groups in total. The predicted molar refractivity (Wildman–Crippen MR) is 158 cm³/mol. The molecule has 4 amide bonds. The summed E-state index contributed by atoms with van der Waals surface area (Å²) in [7, 11) is 0. The van der Waals surface area contributed by atoms with Gasteiger partial charge < -0.3 is 5.32 Å². The zero-order valence-electron chi connectivity index (χ0n) is 23.7. The average Bonchev–Trinajstić information content (AvgIpc) is 3.64. The number of halogens is 1. The summed E-state index contributed by atoms with van der Waals surface area (Å²) < 4.78 is 13.3. The molecule has 0 spiro atoms. The fourth-order valence-electron chi connectivity index (χ4n) is 7.41. The number of anilines is 1. The van der Waals surface area contributed by atoms with E-state index in [-0.39, 0.29) is 29.8 Å². The molecular weight excluding hydrogens is 547 g/mol. The van der Waals surface area contributed by atoms with E-state index < -0.39 is 29.7 Å². The van der Waals surface area contributed by atoms with Crippen LogP contribution in [-0.4, -0.2) is 52.6 Å². The Morgan fingerprint density at radius 2 is 1.53 bits per heavy atom. The lowest BCUT2D eigenvalue weighted by Crippen LogP contribution is -2.54. The first kappa shape index (κ1) is 27.5. The summed E-state index contributed by atoms with van der Waals surface area (Å²) >= 11 is 0. The van der Waals surface area contributed by atoms with Gasteiger partial charge in [0, 0.05) is 38.3 Å². The number of nitrogens with zero attached hydrogens (tertiary/aromatic N) is 2. The molecule has 9 heteroatoms. The molecule has 1 aliphatic carbocycles. The molecule has 43 heavy (non-hydrogen) atoms. The van der Waals surface area contributed by atoms with E-state index in [1.54, 1.807) is 30.3 Å². The molecule has 3 aliphatic heterocycles. The normalized spacial score (nSPS) is 25.2. The molecule has 3 aromatic carbocycles. The number of likely N-dealkylation sites (tertiary alicyclic amines) is 1. The topological polar surface area (TPSA) is 98.8 Å². The number of imide groups is 2. The molecule has 8 nitrogen and oxygen atoms in total. The van der Waals surface area contributed by atoms with Gasteiger partial charge in [0.15, 0.2) is 0 Å². The molecule has 1 saturated carbocycles. The van der Waals surface area contributed by atoms with Crippen molar-refractivity contribution in [3.8, 4) is 0 Å².